The van der Waals surface area contributed by atoms with Crippen molar-refractivity contribution in [1.29, 1.82) is 0 Å². The van der Waals surface area contributed by atoms with Gasteiger partial charge in [-0.1, -0.05) is 12.1 Å². The number of carbonyl (C=O) groups excluding carboxylic acids is 1. The highest BCUT2D eigenvalue weighted by molar-refractivity contribution is 7.10. The molecule has 1 saturated heterocycles. The van der Waals surface area contributed by atoms with Crippen molar-refractivity contribution in [1.82, 2.24) is 15.1 Å². The number of amides is 1. The van der Waals surface area contributed by atoms with Gasteiger partial charge in [-0.25, -0.2) is 0 Å². The minimum Gasteiger partial charge on any atom is -0.497 e. The highest BCUT2D eigenvalue weighted by atomic mass is 32.1. The van der Waals surface area contributed by atoms with Gasteiger partial charge in [-0.15, -0.1) is 11.3 Å². The summed E-state index contributed by atoms with van der Waals surface area (Å²) >= 11 is 1.79. The number of hydrogen-bond donors (Lipinski definition) is 1. The second-order valence-corrected chi connectivity index (χ2v) is 8.54. The van der Waals surface area contributed by atoms with Gasteiger partial charge in [-0.3, -0.25) is 9.79 Å². The summed E-state index contributed by atoms with van der Waals surface area (Å²) in [7, 11) is 3.47. The Morgan fingerprint density at radius 1 is 1.24 bits per heavy atom. The molecule has 0 saturated carbocycles. The van der Waals surface area contributed by atoms with Gasteiger partial charge < -0.3 is 19.9 Å². The summed E-state index contributed by atoms with van der Waals surface area (Å²) in [4.78, 5) is 22.7. The van der Waals surface area contributed by atoms with Crippen molar-refractivity contribution in [2.45, 2.75) is 25.3 Å². The van der Waals surface area contributed by atoms with Crippen LogP contribution in [0, 0.1) is 0 Å². The first-order valence-electron chi connectivity index (χ1n) is 10.1. The zero-order valence-electron chi connectivity index (χ0n) is 17.1. The number of ether oxygens (including phenoxy) is 1. The minimum atomic E-state index is 0.133. The van der Waals surface area contributed by atoms with E-state index in [1.165, 1.54) is 16.0 Å². The number of nitrogens with one attached hydrogen (secondary N) is 1. The number of thiophene rings is 1. The molecular weight excluding hydrogens is 384 g/mol. The SMILES string of the molecule is CN=C(NCC(=O)N1CCc2sccc2C1)N1CCC(c2ccc(OC)cc2)C1. The average Bonchev–Trinajstić information content (AvgIpc) is 3.43. The highest BCUT2D eigenvalue weighted by Gasteiger charge is 2.27. The molecule has 1 atom stereocenters. The summed E-state index contributed by atoms with van der Waals surface area (Å²) in [5.74, 6) is 2.29. The van der Waals surface area contributed by atoms with Crippen LogP contribution in [-0.2, 0) is 17.8 Å². The van der Waals surface area contributed by atoms with Crippen LogP contribution in [0.25, 0.3) is 0 Å². The molecule has 2 aromatic rings. The van der Waals surface area contributed by atoms with Crippen LogP contribution in [0.3, 0.4) is 0 Å². The van der Waals surface area contributed by atoms with Crippen molar-refractivity contribution in [2.75, 3.05) is 40.3 Å². The van der Waals surface area contributed by atoms with Crippen LogP contribution in [0.15, 0.2) is 40.7 Å². The Labute approximate surface area is 176 Å². The van der Waals surface area contributed by atoms with Gasteiger partial charge in [0.15, 0.2) is 5.96 Å². The number of methoxy groups -OCH3 is 1. The van der Waals surface area contributed by atoms with Crippen LogP contribution in [0.1, 0.15) is 28.3 Å². The Hall–Kier alpha value is -2.54. The van der Waals surface area contributed by atoms with Crippen LogP contribution in [0.2, 0.25) is 0 Å². The quantitative estimate of drug-likeness (QED) is 0.620. The van der Waals surface area contributed by atoms with Crippen LogP contribution in [-0.4, -0.2) is 62.0 Å². The number of guanidine groups is 1. The zero-order valence-corrected chi connectivity index (χ0v) is 17.9. The van der Waals surface area contributed by atoms with Crippen molar-refractivity contribution in [3.8, 4) is 5.75 Å². The van der Waals surface area contributed by atoms with Crippen molar-refractivity contribution >= 4 is 23.2 Å². The van der Waals surface area contributed by atoms with Crippen molar-refractivity contribution in [3.63, 3.8) is 0 Å². The van der Waals surface area contributed by atoms with E-state index < -0.39 is 0 Å². The fourth-order valence-corrected chi connectivity index (χ4v) is 5.05. The van der Waals surface area contributed by atoms with Crippen molar-refractivity contribution < 1.29 is 9.53 Å². The van der Waals surface area contributed by atoms with E-state index in [4.69, 9.17) is 4.74 Å². The van der Waals surface area contributed by atoms with Crippen LogP contribution < -0.4 is 10.1 Å². The first kappa shape index (κ1) is 19.8. The first-order chi connectivity index (χ1) is 14.2. The van der Waals surface area contributed by atoms with E-state index in [1.807, 2.05) is 17.0 Å². The molecule has 1 N–H and O–H groups in total. The Balaban J connectivity index is 1.30. The summed E-state index contributed by atoms with van der Waals surface area (Å²) in [5, 5.41) is 5.40. The Kier molecular flexibility index (Phi) is 6.04. The Bertz CT molecular complexity index is 877. The lowest BCUT2D eigenvalue weighted by atomic mass is 9.98. The monoisotopic (exact) mass is 412 g/mol. The molecule has 154 valence electrons. The van der Waals surface area contributed by atoms with Crippen LogP contribution in [0.5, 0.6) is 5.75 Å². The van der Waals surface area contributed by atoms with E-state index >= 15 is 0 Å². The molecule has 1 amide bonds. The molecule has 29 heavy (non-hydrogen) atoms. The predicted molar refractivity (Wildman–Crippen MR) is 117 cm³/mol. The van der Waals surface area contributed by atoms with Gasteiger partial charge in [0.25, 0.3) is 0 Å². The summed E-state index contributed by atoms with van der Waals surface area (Å²) in [5.41, 5.74) is 2.61. The number of hydrogen-bond acceptors (Lipinski definition) is 4. The van der Waals surface area contributed by atoms with Gasteiger partial charge >= 0.3 is 0 Å². The number of benzene rings is 1. The molecule has 1 aromatic heterocycles. The van der Waals surface area contributed by atoms with Gasteiger partial charge in [-0.2, -0.15) is 0 Å². The van der Waals surface area contributed by atoms with E-state index in [-0.39, 0.29) is 12.5 Å². The summed E-state index contributed by atoms with van der Waals surface area (Å²) in [6.45, 7) is 3.65. The second-order valence-electron chi connectivity index (χ2n) is 7.54. The molecule has 3 heterocycles. The molecule has 6 nitrogen and oxygen atoms in total. The lowest BCUT2D eigenvalue weighted by molar-refractivity contribution is -0.130. The number of likely N-dealkylation sites (tertiary alicyclic amines) is 1. The van der Waals surface area contributed by atoms with Gasteiger partial charge in [0.2, 0.25) is 5.91 Å². The number of carbonyl (C=O) groups is 1. The number of rotatable bonds is 4. The van der Waals surface area contributed by atoms with Crippen molar-refractivity contribution in [2.24, 2.45) is 4.99 Å². The molecule has 2 aliphatic rings. The topological polar surface area (TPSA) is 57.2 Å². The minimum absolute atomic E-state index is 0.133. The van der Waals surface area contributed by atoms with E-state index in [2.05, 4.69) is 38.8 Å². The maximum atomic E-state index is 12.7. The van der Waals surface area contributed by atoms with E-state index in [9.17, 15) is 4.79 Å². The molecule has 0 spiro atoms. The summed E-state index contributed by atoms with van der Waals surface area (Å²) < 4.78 is 5.25. The fraction of sp³-hybridized carbons (Fsp3) is 0.455. The maximum Gasteiger partial charge on any atom is 0.242 e. The molecular formula is C22H28N4O2S. The lowest BCUT2D eigenvalue weighted by Crippen LogP contribution is -2.46. The predicted octanol–water partition coefficient (Wildman–Crippen LogP) is 2.71. The van der Waals surface area contributed by atoms with Crippen molar-refractivity contribution in [3.05, 3.63) is 51.7 Å². The number of nitrogens with zero attached hydrogens (tertiary/aromatic N) is 3. The van der Waals surface area contributed by atoms with Crippen LogP contribution >= 0.6 is 11.3 Å². The smallest absolute Gasteiger partial charge is 0.242 e. The molecule has 0 aliphatic carbocycles. The molecule has 1 aromatic carbocycles. The van der Waals surface area contributed by atoms with Gasteiger partial charge in [0.1, 0.15) is 5.75 Å². The second kappa shape index (κ2) is 8.86. The molecule has 0 bridgehead atoms. The number of fused-ring (bicyclic) bond motifs is 1. The molecule has 2 aliphatic heterocycles. The molecule has 7 heteroatoms. The van der Waals surface area contributed by atoms with Gasteiger partial charge in [0.05, 0.1) is 13.7 Å². The fourth-order valence-electron chi connectivity index (χ4n) is 4.16. The largest absolute Gasteiger partial charge is 0.497 e. The zero-order chi connectivity index (χ0) is 20.2. The lowest BCUT2D eigenvalue weighted by Gasteiger charge is -2.28. The van der Waals surface area contributed by atoms with Gasteiger partial charge in [-0.05, 0) is 47.5 Å². The van der Waals surface area contributed by atoms with E-state index in [1.54, 1.807) is 25.5 Å². The third kappa shape index (κ3) is 4.40. The Morgan fingerprint density at radius 3 is 2.83 bits per heavy atom. The normalized spacial score (nSPS) is 19.2. The first-order valence-corrected chi connectivity index (χ1v) is 11.0. The summed E-state index contributed by atoms with van der Waals surface area (Å²) in [6, 6.07) is 10.4. The van der Waals surface area contributed by atoms with Crippen LogP contribution in [0.4, 0.5) is 0 Å². The third-order valence-electron chi connectivity index (χ3n) is 5.84. The molecule has 1 unspecified atom stereocenters. The van der Waals surface area contributed by atoms with E-state index in [0.717, 1.165) is 50.7 Å². The standard InChI is InChI=1S/C22H28N4O2S/c1-23-22(24-13-21(27)25-11-8-20-18(15-25)9-12-29-20)26-10-7-17(14-26)16-3-5-19(28-2)6-4-16/h3-6,9,12,17H,7-8,10-11,13-15H2,1-2H3,(H,23,24). The van der Waals surface area contributed by atoms with Gasteiger partial charge in [0, 0.05) is 44.0 Å². The molecule has 1 fully saturated rings. The highest BCUT2D eigenvalue weighted by Crippen LogP contribution is 2.28. The number of aliphatic imine (C=N–C) groups is 1. The van der Waals surface area contributed by atoms with E-state index in [0.29, 0.717) is 5.92 Å². The summed E-state index contributed by atoms with van der Waals surface area (Å²) in [6.07, 6.45) is 2.04. The maximum absolute atomic E-state index is 12.7. The molecule has 4 rings (SSSR count). The molecule has 0 radical (unpaired) electrons. The third-order valence-corrected chi connectivity index (χ3v) is 6.87. The average molecular weight is 413 g/mol. The Morgan fingerprint density at radius 2 is 2.07 bits per heavy atom.